The molecule has 1 heterocycles. The van der Waals surface area contributed by atoms with Crippen molar-refractivity contribution < 1.29 is 18.3 Å². The van der Waals surface area contributed by atoms with Gasteiger partial charge in [0.25, 0.3) is 5.92 Å². The lowest BCUT2D eigenvalue weighted by molar-refractivity contribution is -0.155. The molecular formula is C12H17BrF2O2. The van der Waals surface area contributed by atoms with Crippen LogP contribution in [0.4, 0.5) is 8.78 Å². The summed E-state index contributed by atoms with van der Waals surface area (Å²) in [4.78, 5) is 0. The fourth-order valence-corrected chi connectivity index (χ4v) is 1.65. The predicted molar refractivity (Wildman–Crippen MR) is 66.6 cm³/mol. The largest absolute Gasteiger partial charge is 0.353 e. The van der Waals surface area contributed by atoms with E-state index < -0.39 is 5.92 Å². The Kier molecular flexibility index (Phi) is 6.92. The molecule has 1 saturated heterocycles. The number of ether oxygens (including phenoxy) is 2. The topological polar surface area (TPSA) is 18.5 Å². The molecule has 0 spiro atoms. The molecule has 0 bridgehead atoms. The number of allylic oxidation sites excluding steroid dienone is 3. The Morgan fingerprint density at radius 2 is 2.06 bits per heavy atom. The minimum absolute atomic E-state index is 0.155. The number of hydrogen-bond donors (Lipinski definition) is 0. The lowest BCUT2D eigenvalue weighted by atomic mass is 10.2. The highest BCUT2D eigenvalue weighted by atomic mass is 79.9. The first kappa shape index (κ1) is 14.8. The first-order chi connectivity index (χ1) is 8.14. The van der Waals surface area contributed by atoms with Gasteiger partial charge in [0.05, 0.1) is 6.61 Å². The van der Waals surface area contributed by atoms with Crippen LogP contribution in [0.3, 0.4) is 0 Å². The van der Waals surface area contributed by atoms with E-state index in [2.05, 4.69) is 15.9 Å². The van der Waals surface area contributed by atoms with E-state index in [1.54, 1.807) is 0 Å². The van der Waals surface area contributed by atoms with E-state index in [9.17, 15) is 8.78 Å². The molecule has 1 aliphatic rings. The summed E-state index contributed by atoms with van der Waals surface area (Å²) in [5.41, 5.74) is 0. The minimum atomic E-state index is -2.91. The van der Waals surface area contributed by atoms with Gasteiger partial charge in [-0.3, -0.25) is 0 Å². The van der Waals surface area contributed by atoms with Crippen molar-refractivity contribution in [3.63, 3.8) is 0 Å². The van der Waals surface area contributed by atoms with Crippen molar-refractivity contribution in [1.29, 1.82) is 0 Å². The molecule has 1 aliphatic heterocycles. The molecule has 0 aromatic carbocycles. The van der Waals surface area contributed by atoms with Crippen LogP contribution >= 0.6 is 15.9 Å². The van der Waals surface area contributed by atoms with Crippen molar-refractivity contribution in [3.05, 3.63) is 24.3 Å². The summed E-state index contributed by atoms with van der Waals surface area (Å²) in [5.74, 6) is -2.91. The average molecular weight is 311 g/mol. The zero-order valence-corrected chi connectivity index (χ0v) is 11.2. The third kappa shape index (κ3) is 6.91. The van der Waals surface area contributed by atoms with Gasteiger partial charge in [0.15, 0.2) is 6.29 Å². The second kappa shape index (κ2) is 7.95. The Hall–Kier alpha value is -0.260. The van der Waals surface area contributed by atoms with Crippen molar-refractivity contribution in [1.82, 2.24) is 0 Å². The maximum Gasteiger partial charge on any atom is 0.285 e. The van der Waals surface area contributed by atoms with E-state index >= 15 is 0 Å². The summed E-state index contributed by atoms with van der Waals surface area (Å²) in [6.45, 7) is 0.848. The predicted octanol–water partition coefficient (Wildman–Crippen LogP) is 3.67. The molecular weight excluding hydrogens is 294 g/mol. The van der Waals surface area contributed by atoms with Crippen LogP contribution in [0.25, 0.3) is 0 Å². The summed E-state index contributed by atoms with van der Waals surface area (Å²) < 4.78 is 36.8. The number of alkyl halides is 3. The third-order valence-electron chi connectivity index (χ3n) is 2.29. The molecule has 0 aromatic rings. The van der Waals surface area contributed by atoms with Crippen molar-refractivity contribution in [2.45, 2.75) is 31.5 Å². The van der Waals surface area contributed by atoms with E-state index in [4.69, 9.17) is 9.47 Å². The van der Waals surface area contributed by atoms with Crippen LogP contribution in [0.15, 0.2) is 24.3 Å². The molecule has 1 fully saturated rings. The van der Waals surface area contributed by atoms with Crippen LogP contribution in [0.2, 0.25) is 0 Å². The van der Waals surface area contributed by atoms with Gasteiger partial charge in [-0.2, -0.15) is 8.78 Å². The van der Waals surface area contributed by atoms with Crippen molar-refractivity contribution in [2.24, 2.45) is 0 Å². The molecule has 1 atom stereocenters. The van der Waals surface area contributed by atoms with Gasteiger partial charge in [0, 0.05) is 11.9 Å². The molecule has 17 heavy (non-hydrogen) atoms. The van der Waals surface area contributed by atoms with Gasteiger partial charge >= 0.3 is 0 Å². The zero-order valence-electron chi connectivity index (χ0n) is 9.58. The second-order valence-electron chi connectivity index (χ2n) is 3.76. The van der Waals surface area contributed by atoms with E-state index in [0.717, 1.165) is 31.4 Å². The monoisotopic (exact) mass is 310 g/mol. The summed E-state index contributed by atoms with van der Waals surface area (Å²) in [6, 6.07) is 0. The van der Waals surface area contributed by atoms with Gasteiger partial charge in [0.2, 0.25) is 0 Å². The molecule has 98 valence electrons. The van der Waals surface area contributed by atoms with Gasteiger partial charge < -0.3 is 9.47 Å². The molecule has 5 heteroatoms. The smallest absolute Gasteiger partial charge is 0.285 e. The van der Waals surface area contributed by atoms with Gasteiger partial charge in [0.1, 0.15) is 0 Å². The van der Waals surface area contributed by atoms with E-state index in [1.807, 2.05) is 0 Å². The quantitative estimate of drug-likeness (QED) is 0.550. The van der Waals surface area contributed by atoms with E-state index in [1.165, 1.54) is 12.2 Å². The molecule has 0 radical (unpaired) electrons. The van der Waals surface area contributed by atoms with Crippen molar-refractivity contribution in [3.8, 4) is 0 Å². The Morgan fingerprint density at radius 1 is 1.29 bits per heavy atom. The van der Waals surface area contributed by atoms with Crippen LogP contribution in [0, 0.1) is 0 Å². The molecule has 0 saturated carbocycles. The fraction of sp³-hybridized carbons (Fsp3) is 0.667. The zero-order chi connectivity index (χ0) is 12.6. The van der Waals surface area contributed by atoms with Crippen LogP contribution in [-0.4, -0.2) is 30.8 Å². The van der Waals surface area contributed by atoms with Gasteiger partial charge in [-0.25, -0.2) is 0 Å². The Balaban J connectivity index is 2.22. The highest BCUT2D eigenvalue weighted by molar-refractivity contribution is 9.09. The van der Waals surface area contributed by atoms with Crippen molar-refractivity contribution >= 4 is 15.9 Å². The first-order valence-corrected chi connectivity index (χ1v) is 6.78. The van der Waals surface area contributed by atoms with Crippen LogP contribution < -0.4 is 0 Å². The lowest BCUT2D eigenvalue weighted by Crippen LogP contribution is -2.22. The van der Waals surface area contributed by atoms with E-state index in [0.29, 0.717) is 11.9 Å². The lowest BCUT2D eigenvalue weighted by Gasteiger charge is -2.21. The second-order valence-corrected chi connectivity index (χ2v) is 4.41. The minimum Gasteiger partial charge on any atom is -0.353 e. The van der Waals surface area contributed by atoms with Gasteiger partial charge in [-0.1, -0.05) is 28.1 Å². The Morgan fingerprint density at radius 3 is 2.71 bits per heavy atom. The van der Waals surface area contributed by atoms with Crippen molar-refractivity contribution in [2.75, 3.05) is 18.5 Å². The first-order valence-electron chi connectivity index (χ1n) is 5.66. The van der Waals surface area contributed by atoms with Gasteiger partial charge in [-0.05, 0) is 31.4 Å². The summed E-state index contributed by atoms with van der Waals surface area (Å²) >= 11 is 3.05. The Labute approximate surface area is 109 Å². The molecule has 2 nitrogen and oxygen atoms in total. The summed E-state index contributed by atoms with van der Waals surface area (Å²) in [5, 5.41) is 0.419. The molecule has 0 amide bonds. The highest BCUT2D eigenvalue weighted by Gasteiger charge is 2.19. The fourth-order valence-electron chi connectivity index (χ4n) is 1.47. The normalized spacial score (nSPS) is 22.6. The molecule has 1 rings (SSSR count). The number of rotatable bonds is 6. The SMILES string of the molecule is FC(F)(/C=C\CBr)/C=C\COC1CCCCO1. The molecule has 0 N–H and O–H groups in total. The highest BCUT2D eigenvalue weighted by Crippen LogP contribution is 2.18. The molecule has 0 aliphatic carbocycles. The number of hydrogen-bond acceptors (Lipinski definition) is 2. The maximum absolute atomic E-state index is 13.1. The molecule has 1 unspecified atom stereocenters. The number of halogens is 3. The maximum atomic E-state index is 13.1. The van der Waals surface area contributed by atoms with E-state index in [-0.39, 0.29) is 12.9 Å². The van der Waals surface area contributed by atoms with Crippen LogP contribution in [0.1, 0.15) is 19.3 Å². The molecule has 0 aromatic heterocycles. The van der Waals surface area contributed by atoms with Crippen LogP contribution in [0.5, 0.6) is 0 Å². The average Bonchev–Trinajstić information content (AvgIpc) is 2.34. The Bertz CT molecular complexity index is 261. The standard InChI is InChI=1S/C12H17BrF2O2/c13-8-3-6-12(14,15)7-4-10-17-11-5-1-2-9-16-11/h3-4,6-7,11H,1-2,5,8-10H2/b6-3-,7-4-. The summed E-state index contributed by atoms with van der Waals surface area (Å²) in [7, 11) is 0. The van der Waals surface area contributed by atoms with Crippen LogP contribution in [-0.2, 0) is 9.47 Å². The van der Waals surface area contributed by atoms with Gasteiger partial charge in [-0.15, -0.1) is 0 Å². The third-order valence-corrected chi connectivity index (χ3v) is 2.66. The summed E-state index contributed by atoms with van der Waals surface area (Å²) in [6.07, 6.45) is 7.12.